The van der Waals surface area contributed by atoms with E-state index in [9.17, 15) is 14.9 Å². The lowest BCUT2D eigenvalue weighted by Crippen LogP contribution is -2.28. The van der Waals surface area contributed by atoms with Crippen LogP contribution < -0.4 is 10.1 Å². The summed E-state index contributed by atoms with van der Waals surface area (Å²) in [4.78, 5) is 22.3. The summed E-state index contributed by atoms with van der Waals surface area (Å²) in [7, 11) is 1.59. The molecule has 0 saturated heterocycles. The maximum Gasteiger partial charge on any atom is 0.269 e. The lowest BCUT2D eigenvalue weighted by molar-refractivity contribution is -0.384. The predicted octanol–water partition coefficient (Wildman–Crippen LogP) is 3.79. The third kappa shape index (κ3) is 4.55. The first-order valence-electron chi connectivity index (χ1n) is 7.27. The summed E-state index contributed by atoms with van der Waals surface area (Å²) in [6.45, 7) is 1.89. The van der Waals surface area contributed by atoms with Crippen LogP contribution in [0.15, 0.2) is 46.9 Å². The van der Waals surface area contributed by atoms with Gasteiger partial charge < -0.3 is 10.1 Å². The van der Waals surface area contributed by atoms with Crippen LogP contribution in [0, 0.1) is 10.1 Å². The first-order valence-corrected chi connectivity index (χ1v) is 8.06. The van der Waals surface area contributed by atoms with Gasteiger partial charge in [0.1, 0.15) is 5.75 Å². The number of nitro benzene ring substituents is 1. The van der Waals surface area contributed by atoms with E-state index >= 15 is 0 Å². The molecule has 1 amide bonds. The number of nitrogens with one attached hydrogen (secondary N) is 1. The Balaban J connectivity index is 1.98. The highest BCUT2D eigenvalue weighted by Gasteiger charge is 2.13. The highest BCUT2D eigenvalue weighted by molar-refractivity contribution is 9.10. The van der Waals surface area contributed by atoms with Gasteiger partial charge in [0.25, 0.3) is 5.69 Å². The topological polar surface area (TPSA) is 81.5 Å². The van der Waals surface area contributed by atoms with Crippen LogP contribution in [0.1, 0.15) is 24.1 Å². The monoisotopic (exact) mass is 392 g/mol. The van der Waals surface area contributed by atoms with Crippen molar-refractivity contribution in [3.05, 3.63) is 68.2 Å². The molecule has 0 aliphatic rings. The van der Waals surface area contributed by atoms with Gasteiger partial charge in [-0.2, -0.15) is 0 Å². The van der Waals surface area contributed by atoms with E-state index in [1.54, 1.807) is 19.2 Å². The summed E-state index contributed by atoms with van der Waals surface area (Å²) in [6.07, 6.45) is 0.166. The van der Waals surface area contributed by atoms with E-state index in [0.717, 1.165) is 21.3 Å². The number of rotatable bonds is 6. The number of non-ortho nitro benzene ring substituents is 1. The van der Waals surface area contributed by atoms with Crippen molar-refractivity contribution in [2.45, 2.75) is 19.4 Å². The number of halogens is 1. The molecular formula is C17H17BrN2O4. The van der Waals surface area contributed by atoms with E-state index in [2.05, 4.69) is 21.2 Å². The molecule has 0 radical (unpaired) electrons. The van der Waals surface area contributed by atoms with E-state index in [-0.39, 0.29) is 24.1 Å². The fraction of sp³-hybridized carbons (Fsp3) is 0.235. The van der Waals surface area contributed by atoms with E-state index < -0.39 is 4.92 Å². The number of ether oxygens (including phenoxy) is 1. The van der Waals surface area contributed by atoms with Gasteiger partial charge in [0.2, 0.25) is 5.91 Å². The summed E-state index contributed by atoms with van der Waals surface area (Å²) >= 11 is 3.42. The first kappa shape index (κ1) is 17.9. The summed E-state index contributed by atoms with van der Waals surface area (Å²) < 4.78 is 6.00. The predicted molar refractivity (Wildman–Crippen MR) is 94.1 cm³/mol. The molecular weight excluding hydrogens is 376 g/mol. The largest absolute Gasteiger partial charge is 0.496 e. The number of nitrogens with zero attached hydrogens (tertiary/aromatic N) is 1. The first-order chi connectivity index (χ1) is 11.4. The van der Waals surface area contributed by atoms with Crippen LogP contribution in [-0.4, -0.2) is 17.9 Å². The molecule has 0 saturated carbocycles. The SMILES string of the molecule is COc1ccc([C@H](C)NC(=O)Cc2ccc([N+](=O)[O-])cc2)cc1Br. The quantitative estimate of drug-likeness (QED) is 0.598. The molecule has 6 nitrogen and oxygen atoms in total. The third-order valence-corrected chi connectivity index (χ3v) is 4.18. The molecule has 2 aromatic carbocycles. The highest BCUT2D eigenvalue weighted by atomic mass is 79.9. The molecule has 24 heavy (non-hydrogen) atoms. The maximum atomic E-state index is 12.1. The second kappa shape index (κ2) is 7.92. The second-order valence-corrected chi connectivity index (χ2v) is 6.14. The van der Waals surface area contributed by atoms with Gasteiger partial charge in [0.15, 0.2) is 0 Å². The van der Waals surface area contributed by atoms with Crippen molar-refractivity contribution in [2.24, 2.45) is 0 Å². The number of benzene rings is 2. The van der Waals surface area contributed by atoms with Crippen LogP contribution in [0.4, 0.5) is 5.69 Å². The molecule has 0 aliphatic heterocycles. The summed E-state index contributed by atoms with van der Waals surface area (Å²) in [5.74, 6) is 0.575. The van der Waals surface area contributed by atoms with Crippen LogP contribution in [0.3, 0.4) is 0 Å². The van der Waals surface area contributed by atoms with Crippen molar-refractivity contribution in [2.75, 3.05) is 7.11 Å². The van der Waals surface area contributed by atoms with Crippen LogP contribution in [0.2, 0.25) is 0 Å². The Morgan fingerprint density at radius 3 is 2.50 bits per heavy atom. The molecule has 0 fully saturated rings. The minimum absolute atomic E-state index is 0.00982. The summed E-state index contributed by atoms with van der Waals surface area (Å²) in [6, 6.07) is 11.4. The fourth-order valence-electron chi connectivity index (χ4n) is 2.25. The molecule has 2 aromatic rings. The zero-order valence-electron chi connectivity index (χ0n) is 13.3. The number of carbonyl (C=O) groups is 1. The number of methoxy groups -OCH3 is 1. The standard InChI is InChI=1S/C17H17BrN2O4/c1-11(13-5-8-16(24-2)15(18)10-13)19-17(21)9-12-3-6-14(7-4-12)20(22)23/h3-8,10-11H,9H2,1-2H3,(H,19,21)/t11-/m0/s1. The Labute approximate surface area is 148 Å². The van der Waals surface area contributed by atoms with Gasteiger partial charge in [-0.05, 0) is 46.1 Å². The van der Waals surface area contributed by atoms with E-state index in [4.69, 9.17) is 4.74 Å². The minimum atomic E-state index is -0.465. The lowest BCUT2D eigenvalue weighted by Gasteiger charge is -2.15. The van der Waals surface area contributed by atoms with Gasteiger partial charge >= 0.3 is 0 Å². The Morgan fingerprint density at radius 1 is 1.29 bits per heavy atom. The molecule has 0 heterocycles. The normalized spacial score (nSPS) is 11.6. The second-order valence-electron chi connectivity index (χ2n) is 5.28. The van der Waals surface area contributed by atoms with Crippen molar-refractivity contribution in [1.82, 2.24) is 5.32 Å². The Hall–Kier alpha value is -2.41. The van der Waals surface area contributed by atoms with Gasteiger partial charge in [0.05, 0.1) is 29.0 Å². The smallest absolute Gasteiger partial charge is 0.269 e. The third-order valence-electron chi connectivity index (χ3n) is 3.57. The van der Waals surface area contributed by atoms with Crippen LogP contribution >= 0.6 is 15.9 Å². The molecule has 0 aliphatic carbocycles. The van der Waals surface area contributed by atoms with Crippen molar-refractivity contribution in [3.8, 4) is 5.75 Å². The molecule has 1 atom stereocenters. The Kier molecular flexibility index (Phi) is 5.92. The number of hydrogen-bond acceptors (Lipinski definition) is 4. The van der Waals surface area contributed by atoms with Gasteiger partial charge in [-0.25, -0.2) is 0 Å². The molecule has 0 unspecified atom stereocenters. The van der Waals surface area contributed by atoms with Crippen LogP contribution in [0.5, 0.6) is 5.75 Å². The average Bonchev–Trinajstić information content (AvgIpc) is 2.55. The molecule has 7 heteroatoms. The molecule has 0 spiro atoms. The Bertz CT molecular complexity index is 747. The average molecular weight is 393 g/mol. The van der Waals surface area contributed by atoms with Crippen molar-refractivity contribution >= 4 is 27.5 Å². The van der Waals surface area contributed by atoms with E-state index in [0.29, 0.717) is 0 Å². The summed E-state index contributed by atoms with van der Waals surface area (Å²) in [5.41, 5.74) is 1.68. The van der Waals surface area contributed by atoms with Gasteiger partial charge in [-0.3, -0.25) is 14.9 Å². The van der Waals surface area contributed by atoms with Crippen molar-refractivity contribution < 1.29 is 14.5 Å². The zero-order chi connectivity index (χ0) is 17.7. The van der Waals surface area contributed by atoms with Crippen molar-refractivity contribution in [3.63, 3.8) is 0 Å². The lowest BCUT2D eigenvalue weighted by atomic mass is 10.1. The number of hydrogen-bond donors (Lipinski definition) is 1. The number of carbonyl (C=O) groups excluding carboxylic acids is 1. The molecule has 2 rings (SSSR count). The van der Waals surface area contributed by atoms with Crippen LogP contribution in [-0.2, 0) is 11.2 Å². The van der Waals surface area contributed by atoms with Gasteiger partial charge in [0, 0.05) is 12.1 Å². The molecule has 0 bridgehead atoms. The van der Waals surface area contributed by atoms with Gasteiger partial charge in [-0.1, -0.05) is 18.2 Å². The maximum absolute atomic E-state index is 12.1. The van der Waals surface area contributed by atoms with E-state index in [1.165, 1.54) is 12.1 Å². The zero-order valence-corrected chi connectivity index (χ0v) is 14.9. The van der Waals surface area contributed by atoms with Crippen molar-refractivity contribution in [1.29, 1.82) is 0 Å². The fourth-order valence-corrected chi connectivity index (χ4v) is 2.81. The van der Waals surface area contributed by atoms with E-state index in [1.807, 2.05) is 25.1 Å². The molecule has 126 valence electrons. The highest BCUT2D eigenvalue weighted by Crippen LogP contribution is 2.28. The van der Waals surface area contributed by atoms with Crippen LogP contribution in [0.25, 0.3) is 0 Å². The minimum Gasteiger partial charge on any atom is -0.496 e. The molecule has 1 N–H and O–H groups in total. The molecule has 0 aromatic heterocycles. The summed E-state index contributed by atoms with van der Waals surface area (Å²) in [5, 5.41) is 13.5. The van der Waals surface area contributed by atoms with Gasteiger partial charge in [-0.15, -0.1) is 0 Å². The number of amides is 1. The Morgan fingerprint density at radius 2 is 1.96 bits per heavy atom. The number of nitro groups is 1.